The van der Waals surface area contributed by atoms with Gasteiger partial charge in [0.15, 0.2) is 5.16 Å². The predicted molar refractivity (Wildman–Crippen MR) is 127 cm³/mol. The summed E-state index contributed by atoms with van der Waals surface area (Å²) in [5, 5.41) is 12.1. The Balaban J connectivity index is 1.53. The van der Waals surface area contributed by atoms with E-state index in [0.717, 1.165) is 23.7 Å². The van der Waals surface area contributed by atoms with E-state index >= 15 is 0 Å². The van der Waals surface area contributed by atoms with Crippen molar-refractivity contribution in [1.82, 2.24) is 14.8 Å². The summed E-state index contributed by atoms with van der Waals surface area (Å²) in [5.41, 5.74) is -1.17. The third-order valence-corrected chi connectivity index (χ3v) is 6.14. The zero-order chi connectivity index (χ0) is 24.7. The Labute approximate surface area is 208 Å². The molecule has 3 aromatic rings. The van der Waals surface area contributed by atoms with Crippen LogP contribution in [0, 0.1) is 0 Å². The van der Waals surface area contributed by atoms with E-state index in [-0.39, 0.29) is 11.4 Å². The van der Waals surface area contributed by atoms with Crippen molar-refractivity contribution in [2.75, 3.05) is 17.7 Å². The highest BCUT2D eigenvalue weighted by Gasteiger charge is 2.33. The molecular formula is C22H21Cl2F3N4O2S. The maximum atomic E-state index is 13.1. The molecule has 1 aromatic heterocycles. The molecule has 12 heteroatoms. The van der Waals surface area contributed by atoms with Gasteiger partial charge in [0.2, 0.25) is 5.91 Å². The van der Waals surface area contributed by atoms with Crippen molar-refractivity contribution < 1.29 is 22.7 Å². The molecule has 6 nitrogen and oxygen atoms in total. The summed E-state index contributed by atoms with van der Waals surface area (Å²) in [4.78, 5) is 12.3. The Morgan fingerprint density at radius 2 is 1.94 bits per heavy atom. The number of aromatic nitrogens is 3. The third-order valence-electron chi connectivity index (χ3n) is 4.64. The number of carbonyl (C=O) groups is 1. The molecule has 0 aliphatic rings. The van der Waals surface area contributed by atoms with Crippen molar-refractivity contribution in [3.63, 3.8) is 0 Å². The van der Waals surface area contributed by atoms with Crippen LogP contribution < -0.4 is 10.1 Å². The Hall–Kier alpha value is -2.43. The van der Waals surface area contributed by atoms with Crippen LogP contribution in [0.1, 0.15) is 24.7 Å². The SMILES string of the molecule is CCn1c(CCCOc2ccc(Cl)cc2Cl)nnc1SCC(=O)Nc1ccccc1C(F)(F)F. The fourth-order valence-electron chi connectivity index (χ4n) is 3.09. The highest BCUT2D eigenvalue weighted by molar-refractivity contribution is 7.99. The topological polar surface area (TPSA) is 69.0 Å². The Kier molecular flexibility index (Phi) is 9.10. The average molecular weight is 533 g/mol. The number of para-hydroxylation sites is 1. The highest BCUT2D eigenvalue weighted by Crippen LogP contribution is 2.34. The van der Waals surface area contributed by atoms with Gasteiger partial charge in [0.25, 0.3) is 0 Å². The van der Waals surface area contributed by atoms with E-state index in [2.05, 4.69) is 15.5 Å². The number of benzene rings is 2. The van der Waals surface area contributed by atoms with E-state index < -0.39 is 17.6 Å². The van der Waals surface area contributed by atoms with Crippen LogP contribution in [-0.2, 0) is 23.9 Å². The lowest BCUT2D eigenvalue weighted by molar-refractivity contribution is -0.137. The number of hydrogen-bond donors (Lipinski definition) is 1. The number of amides is 1. The number of nitrogens with one attached hydrogen (secondary N) is 1. The van der Waals surface area contributed by atoms with Gasteiger partial charge in [-0.05, 0) is 43.7 Å². The number of thioether (sulfide) groups is 1. The van der Waals surface area contributed by atoms with Gasteiger partial charge >= 0.3 is 6.18 Å². The van der Waals surface area contributed by atoms with Crippen LogP contribution in [0.4, 0.5) is 18.9 Å². The molecule has 2 aromatic carbocycles. The molecule has 0 aliphatic carbocycles. The number of carbonyl (C=O) groups excluding carboxylic acids is 1. The Bertz CT molecular complexity index is 1140. The van der Waals surface area contributed by atoms with Crippen LogP contribution in [-0.4, -0.2) is 33.0 Å². The molecule has 0 atom stereocenters. The fraction of sp³-hybridized carbons (Fsp3) is 0.318. The second-order valence-corrected chi connectivity index (χ2v) is 8.84. The lowest BCUT2D eigenvalue weighted by atomic mass is 10.1. The van der Waals surface area contributed by atoms with Gasteiger partial charge in [0.05, 0.1) is 28.6 Å². The maximum Gasteiger partial charge on any atom is 0.418 e. The van der Waals surface area contributed by atoms with Gasteiger partial charge in [-0.15, -0.1) is 10.2 Å². The zero-order valence-corrected chi connectivity index (χ0v) is 20.4. The number of ether oxygens (including phenoxy) is 1. The quantitative estimate of drug-likeness (QED) is 0.243. The Morgan fingerprint density at radius 3 is 2.65 bits per heavy atom. The third kappa shape index (κ3) is 7.04. The van der Waals surface area contributed by atoms with E-state index in [1.165, 1.54) is 18.2 Å². The van der Waals surface area contributed by atoms with Crippen LogP contribution in [0.5, 0.6) is 5.75 Å². The van der Waals surface area contributed by atoms with Gasteiger partial charge in [0, 0.05) is 18.0 Å². The van der Waals surface area contributed by atoms with Gasteiger partial charge in [-0.3, -0.25) is 4.79 Å². The van der Waals surface area contributed by atoms with E-state index in [1.807, 2.05) is 11.5 Å². The summed E-state index contributed by atoms with van der Waals surface area (Å²) in [5.74, 6) is 0.584. The van der Waals surface area contributed by atoms with Crippen molar-refractivity contribution in [2.45, 2.75) is 37.6 Å². The molecule has 0 saturated carbocycles. The van der Waals surface area contributed by atoms with Crippen LogP contribution in [0.15, 0.2) is 47.6 Å². The lowest BCUT2D eigenvalue weighted by Crippen LogP contribution is -2.18. The number of nitrogens with zero attached hydrogens (tertiary/aromatic N) is 3. The first kappa shape index (κ1) is 26.2. The van der Waals surface area contributed by atoms with Crippen LogP contribution in [0.2, 0.25) is 10.0 Å². The van der Waals surface area contributed by atoms with Crippen molar-refractivity contribution in [3.8, 4) is 5.75 Å². The molecule has 1 N–H and O–H groups in total. The molecule has 0 bridgehead atoms. The largest absolute Gasteiger partial charge is 0.492 e. The molecule has 1 amide bonds. The summed E-state index contributed by atoms with van der Waals surface area (Å²) in [6, 6.07) is 9.85. The van der Waals surface area contributed by atoms with E-state index in [9.17, 15) is 18.0 Å². The first-order chi connectivity index (χ1) is 16.2. The van der Waals surface area contributed by atoms with Gasteiger partial charge in [-0.1, -0.05) is 47.1 Å². The van der Waals surface area contributed by atoms with Crippen LogP contribution >= 0.6 is 35.0 Å². The number of hydrogen-bond acceptors (Lipinski definition) is 5. The molecule has 182 valence electrons. The fourth-order valence-corrected chi connectivity index (χ4v) is 4.37. The standard InChI is InChI=1S/C22H21Cl2F3N4O2S/c1-2-31-19(8-5-11-33-18-10-9-14(23)12-16(18)24)29-30-21(31)34-13-20(32)28-17-7-4-3-6-15(17)22(25,26)27/h3-4,6-7,9-10,12H,2,5,8,11,13H2,1H3,(H,28,32). The molecule has 0 fully saturated rings. The summed E-state index contributed by atoms with van der Waals surface area (Å²) in [7, 11) is 0. The highest BCUT2D eigenvalue weighted by atomic mass is 35.5. The second-order valence-electron chi connectivity index (χ2n) is 7.05. The number of alkyl halides is 3. The van der Waals surface area contributed by atoms with Crippen molar-refractivity contribution in [2.24, 2.45) is 0 Å². The van der Waals surface area contributed by atoms with Crippen molar-refractivity contribution >= 4 is 46.6 Å². The predicted octanol–water partition coefficient (Wildman–Crippen LogP) is 6.37. The zero-order valence-electron chi connectivity index (χ0n) is 18.0. The summed E-state index contributed by atoms with van der Waals surface area (Å²) in [6.07, 6.45) is -3.33. The minimum absolute atomic E-state index is 0.109. The molecule has 1 heterocycles. The molecule has 0 aliphatic heterocycles. The molecule has 0 spiro atoms. The first-order valence-corrected chi connectivity index (χ1v) is 12.0. The normalized spacial score (nSPS) is 11.5. The van der Waals surface area contributed by atoms with Gasteiger partial charge in [-0.2, -0.15) is 13.2 Å². The number of aryl methyl sites for hydroxylation is 1. The van der Waals surface area contributed by atoms with Crippen molar-refractivity contribution in [1.29, 1.82) is 0 Å². The monoisotopic (exact) mass is 532 g/mol. The van der Waals surface area contributed by atoms with Gasteiger partial charge in [0.1, 0.15) is 11.6 Å². The summed E-state index contributed by atoms with van der Waals surface area (Å²) in [6.45, 7) is 2.90. The summed E-state index contributed by atoms with van der Waals surface area (Å²) >= 11 is 13.1. The summed E-state index contributed by atoms with van der Waals surface area (Å²) < 4.78 is 46.9. The van der Waals surface area contributed by atoms with Gasteiger partial charge in [-0.25, -0.2) is 0 Å². The average Bonchev–Trinajstić information content (AvgIpc) is 3.18. The molecular weight excluding hydrogens is 512 g/mol. The molecule has 34 heavy (non-hydrogen) atoms. The number of rotatable bonds is 10. The Morgan fingerprint density at radius 1 is 1.18 bits per heavy atom. The molecule has 0 radical (unpaired) electrons. The van der Waals surface area contributed by atoms with Crippen LogP contribution in [0.25, 0.3) is 0 Å². The minimum Gasteiger partial charge on any atom is -0.492 e. The second kappa shape index (κ2) is 11.8. The number of halogens is 5. The van der Waals surface area contributed by atoms with E-state index in [1.54, 1.807) is 18.2 Å². The molecule has 3 rings (SSSR count). The van der Waals surface area contributed by atoms with E-state index in [0.29, 0.717) is 46.9 Å². The first-order valence-electron chi connectivity index (χ1n) is 10.3. The smallest absolute Gasteiger partial charge is 0.418 e. The molecule has 0 unspecified atom stereocenters. The van der Waals surface area contributed by atoms with Crippen molar-refractivity contribution in [3.05, 3.63) is 63.9 Å². The minimum atomic E-state index is -4.56. The number of anilines is 1. The van der Waals surface area contributed by atoms with Gasteiger partial charge < -0.3 is 14.6 Å². The van der Waals surface area contributed by atoms with E-state index in [4.69, 9.17) is 27.9 Å². The lowest BCUT2D eigenvalue weighted by Gasteiger charge is -2.13. The maximum absolute atomic E-state index is 13.1. The molecule has 0 saturated heterocycles. The van der Waals surface area contributed by atoms with Crippen LogP contribution in [0.3, 0.4) is 0 Å².